The number of carbonyl (C=O) groups excluding carboxylic acids is 1. The first-order valence-electron chi connectivity index (χ1n) is 7.01. The Labute approximate surface area is 142 Å². The van der Waals surface area contributed by atoms with Crippen LogP contribution in [0.1, 0.15) is 5.56 Å². The molecule has 0 bridgehead atoms. The van der Waals surface area contributed by atoms with E-state index in [2.05, 4.69) is 10.1 Å². The number of amides is 1. The van der Waals surface area contributed by atoms with Crippen molar-refractivity contribution in [3.8, 4) is 5.75 Å². The number of halogens is 2. The van der Waals surface area contributed by atoms with Crippen LogP contribution in [0.4, 0.5) is 14.5 Å². The molecule has 1 saturated heterocycles. The van der Waals surface area contributed by atoms with Crippen molar-refractivity contribution in [2.45, 2.75) is 6.61 Å². The predicted molar refractivity (Wildman–Crippen MR) is 90.7 cm³/mol. The molecule has 0 radical (unpaired) electrons. The summed E-state index contributed by atoms with van der Waals surface area (Å²) < 4.78 is 28.6. The van der Waals surface area contributed by atoms with Crippen molar-refractivity contribution in [1.82, 2.24) is 5.32 Å². The maximum atomic E-state index is 12.5. The van der Waals surface area contributed by atoms with Gasteiger partial charge in [-0.05, 0) is 48.1 Å². The lowest BCUT2D eigenvalue weighted by molar-refractivity contribution is -0.113. The highest BCUT2D eigenvalue weighted by Gasteiger charge is 2.31. The largest absolute Gasteiger partial charge is 0.435 e. The minimum absolute atomic E-state index is 0.0549. The van der Waals surface area contributed by atoms with E-state index in [0.29, 0.717) is 16.9 Å². The van der Waals surface area contributed by atoms with Gasteiger partial charge in [0.05, 0.1) is 5.69 Å². The van der Waals surface area contributed by atoms with E-state index >= 15 is 0 Å². The molecule has 2 aromatic rings. The van der Waals surface area contributed by atoms with Crippen molar-refractivity contribution < 1.29 is 18.3 Å². The summed E-state index contributed by atoms with van der Waals surface area (Å²) in [5.41, 5.74) is 1.64. The zero-order valence-electron chi connectivity index (χ0n) is 12.3. The second-order valence-corrected chi connectivity index (χ2v) is 5.30. The Bertz CT molecular complexity index is 792. The van der Waals surface area contributed by atoms with Gasteiger partial charge in [0.1, 0.15) is 11.4 Å². The Hall–Kier alpha value is -2.80. The molecular weight excluding hydrogens is 334 g/mol. The molecule has 0 saturated carbocycles. The van der Waals surface area contributed by atoms with Crippen LogP contribution in [0.15, 0.2) is 60.3 Å². The van der Waals surface area contributed by atoms with Gasteiger partial charge < -0.3 is 10.1 Å². The number of anilines is 1. The topological polar surface area (TPSA) is 41.6 Å². The highest BCUT2D eigenvalue weighted by Crippen LogP contribution is 2.23. The van der Waals surface area contributed by atoms with Crippen molar-refractivity contribution >= 4 is 35.0 Å². The first kappa shape index (κ1) is 16.1. The van der Waals surface area contributed by atoms with Gasteiger partial charge in [-0.3, -0.25) is 9.69 Å². The molecule has 1 aliphatic rings. The van der Waals surface area contributed by atoms with Gasteiger partial charge in [-0.2, -0.15) is 8.78 Å². The highest BCUT2D eigenvalue weighted by molar-refractivity contribution is 7.80. The lowest BCUT2D eigenvalue weighted by Crippen LogP contribution is -2.30. The number of rotatable bonds is 4. The molecule has 4 nitrogen and oxygen atoms in total. The number of thiocarbonyl (C=S) groups is 1. The molecule has 1 fully saturated rings. The summed E-state index contributed by atoms with van der Waals surface area (Å²) in [4.78, 5) is 13.9. The predicted octanol–water partition coefficient (Wildman–Crippen LogP) is 3.55. The number of hydrogen-bond acceptors (Lipinski definition) is 3. The first-order valence-corrected chi connectivity index (χ1v) is 7.42. The lowest BCUT2D eigenvalue weighted by Gasteiger charge is -2.13. The molecule has 0 aliphatic carbocycles. The molecule has 0 unspecified atom stereocenters. The molecule has 1 N–H and O–H groups in total. The lowest BCUT2D eigenvalue weighted by atomic mass is 10.2. The van der Waals surface area contributed by atoms with E-state index in [1.54, 1.807) is 30.3 Å². The second-order valence-electron chi connectivity index (χ2n) is 4.91. The van der Waals surface area contributed by atoms with Gasteiger partial charge in [-0.25, -0.2) is 0 Å². The highest BCUT2D eigenvalue weighted by atomic mass is 32.1. The molecule has 1 aliphatic heterocycles. The summed E-state index contributed by atoms with van der Waals surface area (Å²) in [6, 6.07) is 15.0. The molecule has 122 valence electrons. The molecular formula is C17H12F2N2O2S. The molecule has 0 aromatic heterocycles. The number of para-hydroxylation sites is 1. The minimum Gasteiger partial charge on any atom is -0.435 e. The molecule has 1 amide bonds. The fraction of sp³-hybridized carbons (Fsp3) is 0.0588. The monoisotopic (exact) mass is 346 g/mol. The van der Waals surface area contributed by atoms with Crippen LogP contribution < -0.4 is 15.0 Å². The number of nitrogens with one attached hydrogen (secondary N) is 1. The van der Waals surface area contributed by atoms with Crippen LogP contribution in [-0.4, -0.2) is 17.6 Å². The number of alkyl halides is 2. The Balaban J connectivity index is 1.81. The fourth-order valence-corrected chi connectivity index (χ4v) is 2.56. The smallest absolute Gasteiger partial charge is 0.387 e. The average Bonchev–Trinajstić information content (AvgIpc) is 2.83. The maximum Gasteiger partial charge on any atom is 0.387 e. The van der Waals surface area contributed by atoms with Crippen molar-refractivity contribution in [2.24, 2.45) is 0 Å². The maximum absolute atomic E-state index is 12.5. The van der Waals surface area contributed by atoms with Crippen molar-refractivity contribution in [3.63, 3.8) is 0 Å². The number of benzene rings is 2. The SMILES string of the molecule is O=C1/C(=C\c2ccc(OC(F)F)cc2)NC(=S)N1c1ccccc1. The van der Waals surface area contributed by atoms with Gasteiger partial charge in [0.25, 0.3) is 5.91 Å². The standard InChI is InChI=1S/C17H12F2N2O2S/c18-16(19)23-13-8-6-11(7-9-13)10-14-15(22)21(17(24)20-14)12-4-2-1-3-5-12/h1-10,16H,(H,20,24)/b14-10+. The minimum atomic E-state index is -2.87. The molecule has 0 spiro atoms. The van der Waals surface area contributed by atoms with Crippen LogP contribution >= 0.6 is 12.2 Å². The van der Waals surface area contributed by atoms with Gasteiger partial charge in [-0.1, -0.05) is 30.3 Å². The van der Waals surface area contributed by atoms with E-state index in [-0.39, 0.29) is 16.8 Å². The molecule has 0 atom stereocenters. The summed E-state index contributed by atoms with van der Waals surface area (Å²) in [5.74, 6) is -0.224. The molecule has 24 heavy (non-hydrogen) atoms. The van der Waals surface area contributed by atoms with Crippen molar-refractivity contribution in [1.29, 1.82) is 0 Å². The fourth-order valence-electron chi connectivity index (χ4n) is 2.26. The molecule has 3 rings (SSSR count). The Morgan fingerprint density at radius 2 is 1.75 bits per heavy atom. The van der Waals surface area contributed by atoms with E-state index in [4.69, 9.17) is 12.2 Å². The van der Waals surface area contributed by atoms with E-state index in [0.717, 1.165) is 0 Å². The molecule has 1 heterocycles. The van der Waals surface area contributed by atoms with Crippen LogP contribution in [0.5, 0.6) is 5.75 Å². The number of carbonyl (C=O) groups is 1. The van der Waals surface area contributed by atoms with Crippen molar-refractivity contribution in [2.75, 3.05) is 4.90 Å². The van der Waals surface area contributed by atoms with E-state index in [9.17, 15) is 13.6 Å². The second kappa shape index (κ2) is 6.76. The van der Waals surface area contributed by atoms with Gasteiger partial charge in [0.15, 0.2) is 5.11 Å². The molecule has 7 heteroatoms. The first-order chi connectivity index (χ1) is 11.5. The average molecular weight is 346 g/mol. The van der Waals surface area contributed by atoms with E-state index < -0.39 is 6.61 Å². The third kappa shape index (κ3) is 3.41. The van der Waals surface area contributed by atoms with Crippen LogP contribution in [0.25, 0.3) is 6.08 Å². The van der Waals surface area contributed by atoms with Gasteiger partial charge in [0, 0.05) is 0 Å². The van der Waals surface area contributed by atoms with Gasteiger partial charge in [-0.15, -0.1) is 0 Å². The Morgan fingerprint density at radius 1 is 1.08 bits per heavy atom. The Morgan fingerprint density at radius 3 is 2.38 bits per heavy atom. The van der Waals surface area contributed by atoms with Crippen LogP contribution in [0, 0.1) is 0 Å². The van der Waals surface area contributed by atoms with Crippen LogP contribution in [-0.2, 0) is 4.79 Å². The Kier molecular flexibility index (Phi) is 4.52. The summed E-state index contributed by atoms with van der Waals surface area (Å²) >= 11 is 5.21. The summed E-state index contributed by atoms with van der Waals surface area (Å²) in [6.45, 7) is -2.87. The third-order valence-electron chi connectivity index (χ3n) is 3.31. The van der Waals surface area contributed by atoms with E-state index in [1.807, 2.05) is 18.2 Å². The number of nitrogens with zero attached hydrogens (tertiary/aromatic N) is 1. The third-order valence-corrected chi connectivity index (χ3v) is 3.59. The summed E-state index contributed by atoms with van der Waals surface area (Å²) in [5, 5.41) is 3.15. The van der Waals surface area contributed by atoms with Crippen molar-refractivity contribution in [3.05, 3.63) is 65.9 Å². The van der Waals surface area contributed by atoms with Gasteiger partial charge >= 0.3 is 6.61 Å². The zero-order valence-corrected chi connectivity index (χ0v) is 13.1. The number of hydrogen-bond donors (Lipinski definition) is 1. The van der Waals surface area contributed by atoms with Gasteiger partial charge in [0.2, 0.25) is 0 Å². The normalized spacial score (nSPS) is 16.0. The van der Waals surface area contributed by atoms with Crippen LogP contribution in [0.2, 0.25) is 0 Å². The van der Waals surface area contributed by atoms with E-state index in [1.165, 1.54) is 17.0 Å². The zero-order chi connectivity index (χ0) is 17.1. The molecule has 2 aromatic carbocycles. The number of ether oxygens (including phenoxy) is 1. The summed E-state index contributed by atoms with van der Waals surface area (Å²) in [7, 11) is 0. The quantitative estimate of drug-likeness (QED) is 0.679. The summed E-state index contributed by atoms with van der Waals surface area (Å²) in [6.07, 6.45) is 1.60. The van der Waals surface area contributed by atoms with Crippen LogP contribution in [0.3, 0.4) is 0 Å².